The summed E-state index contributed by atoms with van der Waals surface area (Å²) in [5.41, 5.74) is 1.47. The number of aliphatic imine (C=N–C) groups is 1. The van der Waals surface area contributed by atoms with Crippen molar-refractivity contribution < 1.29 is 9.47 Å². The van der Waals surface area contributed by atoms with E-state index in [9.17, 15) is 0 Å². The Hall–Kier alpha value is -2.01. The number of hydrogen-bond acceptors (Lipinski definition) is 3. The van der Waals surface area contributed by atoms with E-state index >= 15 is 0 Å². The summed E-state index contributed by atoms with van der Waals surface area (Å²) in [4.78, 5) is 4.45. The van der Waals surface area contributed by atoms with Gasteiger partial charge in [-0.1, -0.05) is 37.3 Å². The van der Waals surface area contributed by atoms with Crippen molar-refractivity contribution in [3.05, 3.63) is 42.5 Å². The van der Waals surface area contributed by atoms with Gasteiger partial charge in [0.2, 0.25) is 0 Å². The molecule has 0 radical (unpaired) electrons. The molecule has 2 aliphatic carbocycles. The van der Waals surface area contributed by atoms with Gasteiger partial charge in [0.25, 0.3) is 0 Å². The highest BCUT2D eigenvalue weighted by Crippen LogP contribution is 2.62. The van der Waals surface area contributed by atoms with Crippen molar-refractivity contribution in [2.45, 2.75) is 44.4 Å². The van der Waals surface area contributed by atoms with Crippen LogP contribution in [0.25, 0.3) is 0 Å². The smallest absolute Gasteiger partial charge is 0.191 e. The van der Waals surface area contributed by atoms with Crippen LogP contribution in [0.15, 0.2) is 41.9 Å². The summed E-state index contributed by atoms with van der Waals surface area (Å²) in [6, 6.07) is 8.58. The lowest BCUT2D eigenvalue weighted by molar-refractivity contribution is -0.171. The van der Waals surface area contributed by atoms with Gasteiger partial charge in [-0.25, -0.2) is 0 Å². The molecule has 1 aromatic rings. The Bertz CT molecular complexity index is 684. The molecule has 3 fully saturated rings. The lowest BCUT2D eigenvalue weighted by Gasteiger charge is -2.63. The van der Waals surface area contributed by atoms with Crippen LogP contribution in [0.4, 0.5) is 0 Å². The van der Waals surface area contributed by atoms with Crippen LogP contribution in [0.2, 0.25) is 0 Å². The molecule has 4 rings (SSSR count). The third kappa shape index (κ3) is 2.88. The topological polar surface area (TPSA) is 54.9 Å². The van der Waals surface area contributed by atoms with Gasteiger partial charge >= 0.3 is 0 Å². The van der Waals surface area contributed by atoms with Crippen LogP contribution < -0.4 is 15.4 Å². The van der Waals surface area contributed by atoms with Crippen LogP contribution >= 0.6 is 0 Å². The van der Waals surface area contributed by atoms with Gasteiger partial charge in [-0.05, 0) is 25.3 Å². The van der Waals surface area contributed by atoms with Gasteiger partial charge in [-0.2, -0.15) is 0 Å². The number of hydrogen-bond donors (Lipinski definition) is 2. The van der Waals surface area contributed by atoms with Crippen molar-refractivity contribution in [1.29, 1.82) is 0 Å². The van der Waals surface area contributed by atoms with Crippen LogP contribution in [-0.4, -0.2) is 38.4 Å². The molecular weight excluding hydrogens is 326 g/mol. The second-order valence-electron chi connectivity index (χ2n) is 7.59. The van der Waals surface area contributed by atoms with Crippen molar-refractivity contribution in [2.24, 2.45) is 16.3 Å². The van der Waals surface area contributed by atoms with Crippen molar-refractivity contribution in [3.63, 3.8) is 0 Å². The number of fused-ring (bicyclic) bond motifs is 2. The molecule has 3 aliphatic rings. The van der Waals surface area contributed by atoms with E-state index in [-0.39, 0.29) is 0 Å². The first-order chi connectivity index (χ1) is 12.8. The normalized spacial score (nSPS) is 28.7. The molecule has 26 heavy (non-hydrogen) atoms. The number of rotatable bonds is 6. The summed E-state index contributed by atoms with van der Waals surface area (Å²) < 4.78 is 11.8. The minimum Gasteiger partial charge on any atom is -0.489 e. The Morgan fingerprint density at radius 2 is 2.27 bits per heavy atom. The van der Waals surface area contributed by atoms with Gasteiger partial charge < -0.3 is 20.1 Å². The molecule has 2 N–H and O–H groups in total. The number of para-hydroxylation sites is 1. The summed E-state index contributed by atoms with van der Waals surface area (Å²) >= 11 is 0. The van der Waals surface area contributed by atoms with Crippen molar-refractivity contribution in [3.8, 4) is 5.75 Å². The lowest BCUT2D eigenvalue weighted by atomic mass is 9.46. The highest BCUT2D eigenvalue weighted by molar-refractivity contribution is 5.80. The summed E-state index contributed by atoms with van der Waals surface area (Å²) in [5, 5.41) is 7.16. The third-order valence-electron chi connectivity index (χ3n) is 6.33. The zero-order valence-electron chi connectivity index (χ0n) is 15.5. The fraction of sp³-hybridized carbons (Fsp3) is 0.571. The first-order valence-corrected chi connectivity index (χ1v) is 9.69. The van der Waals surface area contributed by atoms with Crippen LogP contribution in [0.5, 0.6) is 5.75 Å². The monoisotopic (exact) mass is 355 g/mol. The number of nitrogens with one attached hydrogen (secondary N) is 2. The number of nitrogens with zero attached hydrogens (tertiary/aromatic N) is 1. The Morgan fingerprint density at radius 1 is 1.42 bits per heavy atom. The first-order valence-electron chi connectivity index (χ1n) is 9.69. The average molecular weight is 355 g/mol. The second-order valence-corrected chi connectivity index (χ2v) is 7.59. The molecule has 2 saturated carbocycles. The highest BCUT2D eigenvalue weighted by Gasteiger charge is 2.66. The molecule has 1 saturated heterocycles. The van der Waals surface area contributed by atoms with Crippen molar-refractivity contribution >= 4 is 5.96 Å². The molecule has 140 valence electrons. The number of guanidine groups is 1. The molecule has 0 aromatic heterocycles. The fourth-order valence-corrected chi connectivity index (χ4v) is 4.92. The Kier molecular flexibility index (Phi) is 4.90. The van der Waals surface area contributed by atoms with Crippen molar-refractivity contribution in [1.82, 2.24) is 10.6 Å². The van der Waals surface area contributed by atoms with Crippen LogP contribution in [0, 0.1) is 11.3 Å². The van der Waals surface area contributed by atoms with E-state index < -0.39 is 0 Å². The molecule has 0 amide bonds. The zero-order valence-corrected chi connectivity index (χ0v) is 15.5. The number of benzene rings is 1. The maximum atomic E-state index is 6.01. The SMILES string of the molecule is C=CCOc1ccccc1CNC(=NC)NC1C2CCOC2C12CCC2. The predicted molar refractivity (Wildman–Crippen MR) is 103 cm³/mol. The van der Waals surface area contributed by atoms with Gasteiger partial charge in [-0.3, -0.25) is 4.99 Å². The van der Waals surface area contributed by atoms with E-state index in [1.54, 1.807) is 6.08 Å². The van der Waals surface area contributed by atoms with E-state index in [1.165, 1.54) is 25.7 Å². The summed E-state index contributed by atoms with van der Waals surface area (Å²) in [7, 11) is 1.84. The minimum atomic E-state index is 0.351. The molecule has 5 nitrogen and oxygen atoms in total. The summed E-state index contributed by atoms with van der Waals surface area (Å²) in [6.45, 7) is 5.82. The van der Waals surface area contributed by atoms with Gasteiger partial charge in [0, 0.05) is 43.1 Å². The van der Waals surface area contributed by atoms with Crippen LogP contribution in [0.1, 0.15) is 31.2 Å². The quantitative estimate of drug-likeness (QED) is 0.468. The van der Waals surface area contributed by atoms with Crippen LogP contribution in [-0.2, 0) is 11.3 Å². The molecule has 1 heterocycles. The van der Waals surface area contributed by atoms with Gasteiger partial charge in [0.05, 0.1) is 6.10 Å². The van der Waals surface area contributed by atoms with E-state index in [0.29, 0.717) is 36.6 Å². The fourth-order valence-electron chi connectivity index (χ4n) is 4.92. The van der Waals surface area contributed by atoms with Crippen molar-refractivity contribution in [2.75, 3.05) is 20.3 Å². The van der Waals surface area contributed by atoms with E-state index in [1.807, 2.05) is 25.2 Å². The first kappa shape index (κ1) is 17.4. The summed E-state index contributed by atoms with van der Waals surface area (Å²) in [5.74, 6) is 2.39. The Labute approximate surface area is 155 Å². The zero-order chi connectivity index (χ0) is 18.0. The van der Waals surface area contributed by atoms with E-state index in [4.69, 9.17) is 9.47 Å². The maximum absolute atomic E-state index is 6.01. The van der Waals surface area contributed by atoms with Gasteiger partial charge in [0.15, 0.2) is 5.96 Å². The Balaban J connectivity index is 1.38. The molecule has 0 bridgehead atoms. The molecule has 1 aromatic carbocycles. The third-order valence-corrected chi connectivity index (χ3v) is 6.33. The number of ether oxygens (including phenoxy) is 2. The van der Waals surface area contributed by atoms with Crippen LogP contribution in [0.3, 0.4) is 0 Å². The van der Waals surface area contributed by atoms with E-state index in [0.717, 1.165) is 23.9 Å². The molecule has 1 aliphatic heterocycles. The van der Waals surface area contributed by atoms with E-state index in [2.05, 4.69) is 28.3 Å². The highest BCUT2D eigenvalue weighted by atomic mass is 16.5. The largest absolute Gasteiger partial charge is 0.489 e. The predicted octanol–water partition coefficient (Wildman–Crippen LogP) is 2.87. The molecule has 3 atom stereocenters. The average Bonchev–Trinajstić information content (AvgIpc) is 3.04. The standard InChI is InChI=1S/C21H29N3O2/c1-3-12-25-17-8-5-4-7-15(17)14-23-20(22-2)24-18-16-9-13-26-19(16)21(18)10-6-11-21/h3-5,7-8,16,18-19H,1,6,9-14H2,2H3,(H2,22,23,24). The Morgan fingerprint density at radius 3 is 3.00 bits per heavy atom. The van der Waals surface area contributed by atoms with Gasteiger partial charge in [-0.15, -0.1) is 0 Å². The molecular formula is C21H29N3O2. The molecule has 5 heteroatoms. The summed E-state index contributed by atoms with van der Waals surface area (Å²) in [6.07, 6.45) is 7.28. The second kappa shape index (κ2) is 7.31. The maximum Gasteiger partial charge on any atom is 0.191 e. The minimum absolute atomic E-state index is 0.351. The molecule has 1 spiro atoms. The lowest BCUT2D eigenvalue weighted by Crippen LogP contribution is -2.72. The van der Waals surface area contributed by atoms with Gasteiger partial charge in [0.1, 0.15) is 12.4 Å². The molecule has 3 unspecified atom stereocenters.